The molecule has 9 aromatic carbocycles. The molecule has 0 bridgehead atoms. The van der Waals surface area contributed by atoms with Crippen molar-refractivity contribution >= 4 is 43.6 Å². The van der Waals surface area contributed by atoms with Crippen molar-refractivity contribution in [2.45, 2.75) is 13.8 Å². The molecule has 0 amide bonds. The zero-order valence-electron chi connectivity index (χ0n) is 41.5. The molecule has 0 aliphatic rings. The number of aryl methyl sites for hydroxylation is 2. The molecule has 0 unspecified atom stereocenters. The van der Waals surface area contributed by atoms with Gasteiger partial charge in [0.25, 0.3) is 0 Å². The second-order valence-electron chi connectivity index (χ2n) is 19.2. The Morgan fingerprint density at radius 1 is 0.237 bits per heavy atom. The average molecular weight is 976 g/mol. The van der Waals surface area contributed by atoms with Gasteiger partial charge in [0, 0.05) is 54.9 Å². The van der Waals surface area contributed by atoms with Crippen LogP contribution in [0.4, 0.5) is 0 Å². The second-order valence-corrected chi connectivity index (χ2v) is 19.2. The summed E-state index contributed by atoms with van der Waals surface area (Å²) >= 11 is 0. The molecule has 0 saturated carbocycles. The lowest BCUT2D eigenvalue weighted by molar-refractivity contribution is 1.01. The number of benzene rings is 9. The van der Waals surface area contributed by atoms with Crippen molar-refractivity contribution in [1.29, 1.82) is 0 Å². The summed E-state index contributed by atoms with van der Waals surface area (Å²) in [5, 5.41) is 4.66. The second kappa shape index (κ2) is 18.4. The Balaban J connectivity index is 1.07. The van der Waals surface area contributed by atoms with Crippen molar-refractivity contribution in [2.75, 3.05) is 0 Å². The van der Waals surface area contributed by atoms with Gasteiger partial charge in [-0.05, 0) is 85.6 Å². The van der Waals surface area contributed by atoms with Crippen LogP contribution in [0.1, 0.15) is 11.1 Å². The number of fused-ring (bicyclic) bond motifs is 6. The lowest BCUT2D eigenvalue weighted by Crippen LogP contribution is -2.05. The maximum absolute atomic E-state index is 5.67. The molecule has 0 saturated heterocycles. The van der Waals surface area contributed by atoms with Gasteiger partial charge in [0.05, 0.1) is 22.1 Å². The first-order valence-corrected chi connectivity index (χ1v) is 25.4. The number of nitrogens with zero attached hydrogens (tertiary/aromatic N) is 9. The van der Waals surface area contributed by atoms with Crippen LogP contribution in [0.25, 0.3) is 135 Å². The first kappa shape index (κ1) is 44.5. The molecule has 9 nitrogen and oxygen atoms in total. The fourth-order valence-electron chi connectivity index (χ4n) is 10.5. The van der Waals surface area contributed by atoms with Crippen molar-refractivity contribution in [1.82, 2.24) is 44.0 Å². The van der Waals surface area contributed by atoms with Gasteiger partial charge in [-0.15, -0.1) is 0 Å². The van der Waals surface area contributed by atoms with E-state index >= 15 is 0 Å². The SMILES string of the molecule is Cc1ccc2c(c1)c1ccccc1n2-c1cc(-c2ccc(-c3nc(-c4ccccc4)nc(-c4ccccc4)n3)c(-c3nc(-c4ccccc4)nc(-c4ccccc4)n3)c2)cc(-n2c3ccccc3c3cc(C)ccc32)n1. The highest BCUT2D eigenvalue weighted by Gasteiger charge is 2.23. The zero-order chi connectivity index (χ0) is 50.7. The lowest BCUT2D eigenvalue weighted by Gasteiger charge is -2.17. The van der Waals surface area contributed by atoms with Crippen LogP contribution in [0.5, 0.6) is 0 Å². The Morgan fingerprint density at radius 2 is 0.592 bits per heavy atom. The van der Waals surface area contributed by atoms with Gasteiger partial charge in [0.2, 0.25) is 0 Å². The van der Waals surface area contributed by atoms with E-state index in [9.17, 15) is 0 Å². The van der Waals surface area contributed by atoms with Gasteiger partial charge >= 0.3 is 0 Å². The predicted molar refractivity (Wildman–Crippen MR) is 307 cm³/mol. The Morgan fingerprint density at radius 3 is 1.01 bits per heavy atom. The quantitative estimate of drug-likeness (QED) is 0.142. The standard InChI is InChI=1S/C67H45N9/c1-42-31-35-58-53(37-42)50-27-15-17-29-56(50)75(58)60-40-49(41-61(68-60)76-57-30-18-16-28-51(57)54-38-43(2)32-36-59(54)76)48-33-34-52(66-71-62(44-19-7-3-8-20-44)69-63(72-66)45-21-9-4-10-22-45)55(39-48)67-73-64(46-23-11-5-12-24-46)70-65(74-67)47-25-13-6-14-26-47/h3-41H,1-2H3. The van der Waals surface area contributed by atoms with E-state index in [1.807, 2.05) is 121 Å². The lowest BCUT2D eigenvalue weighted by atomic mass is 9.97. The molecule has 76 heavy (non-hydrogen) atoms. The molecule has 0 N–H and O–H groups in total. The Kier molecular flexibility index (Phi) is 10.7. The fraction of sp³-hybridized carbons (Fsp3) is 0.0299. The largest absolute Gasteiger partial charge is 0.294 e. The minimum absolute atomic E-state index is 0.470. The van der Waals surface area contributed by atoms with Gasteiger partial charge < -0.3 is 0 Å². The molecule has 0 fully saturated rings. The number of rotatable bonds is 9. The first-order chi connectivity index (χ1) is 37.5. The van der Waals surface area contributed by atoms with Crippen LogP contribution in [-0.2, 0) is 0 Å². The molecular formula is C67H45N9. The van der Waals surface area contributed by atoms with Gasteiger partial charge in [0.1, 0.15) is 11.6 Å². The van der Waals surface area contributed by atoms with Crippen LogP contribution in [0, 0.1) is 13.8 Å². The van der Waals surface area contributed by atoms with Gasteiger partial charge in [-0.25, -0.2) is 34.9 Å². The molecule has 358 valence electrons. The van der Waals surface area contributed by atoms with E-state index < -0.39 is 0 Å². The third-order valence-electron chi connectivity index (χ3n) is 14.1. The molecule has 0 radical (unpaired) electrons. The molecule has 9 heteroatoms. The fourth-order valence-corrected chi connectivity index (χ4v) is 10.5. The molecule has 14 aromatic rings. The van der Waals surface area contributed by atoms with E-state index in [0.717, 1.165) is 89.0 Å². The van der Waals surface area contributed by atoms with E-state index in [4.69, 9.17) is 34.9 Å². The summed E-state index contributed by atoms with van der Waals surface area (Å²) in [6.07, 6.45) is 0. The van der Waals surface area contributed by atoms with Crippen molar-refractivity contribution in [3.63, 3.8) is 0 Å². The number of pyridine rings is 1. The van der Waals surface area contributed by atoms with Crippen molar-refractivity contribution in [2.24, 2.45) is 0 Å². The summed E-state index contributed by atoms with van der Waals surface area (Å²) in [5.74, 6) is 4.70. The van der Waals surface area contributed by atoms with Crippen LogP contribution in [0.2, 0.25) is 0 Å². The smallest absolute Gasteiger partial charge is 0.164 e. The van der Waals surface area contributed by atoms with Crippen LogP contribution in [0.15, 0.2) is 237 Å². The average Bonchev–Trinajstić information content (AvgIpc) is 4.13. The molecule has 0 spiro atoms. The number of hydrogen-bond acceptors (Lipinski definition) is 7. The Labute approximate surface area is 438 Å². The topological polar surface area (TPSA) is 100 Å². The molecule has 5 aromatic heterocycles. The highest BCUT2D eigenvalue weighted by Crippen LogP contribution is 2.40. The normalized spacial score (nSPS) is 11.6. The van der Waals surface area contributed by atoms with Gasteiger partial charge in [-0.1, -0.05) is 187 Å². The van der Waals surface area contributed by atoms with Gasteiger partial charge in [0.15, 0.2) is 34.9 Å². The number of hydrogen-bond donors (Lipinski definition) is 0. The highest BCUT2D eigenvalue weighted by atomic mass is 15.1. The molecule has 0 aliphatic carbocycles. The number of aromatic nitrogens is 9. The van der Waals surface area contributed by atoms with Crippen LogP contribution >= 0.6 is 0 Å². The third-order valence-corrected chi connectivity index (χ3v) is 14.1. The van der Waals surface area contributed by atoms with Crippen LogP contribution < -0.4 is 0 Å². The first-order valence-electron chi connectivity index (χ1n) is 25.4. The van der Waals surface area contributed by atoms with E-state index in [1.54, 1.807) is 0 Å². The number of para-hydroxylation sites is 2. The van der Waals surface area contributed by atoms with Crippen molar-refractivity contribution < 1.29 is 0 Å². The third kappa shape index (κ3) is 7.86. The maximum atomic E-state index is 5.67. The van der Waals surface area contributed by atoms with E-state index in [0.29, 0.717) is 34.9 Å². The summed E-state index contributed by atoms with van der Waals surface area (Å²) in [5.41, 5.74) is 13.5. The Hall–Kier alpha value is -10.3. The molecule has 0 atom stereocenters. The van der Waals surface area contributed by atoms with Crippen molar-refractivity contribution in [3.8, 4) is 91.1 Å². The minimum atomic E-state index is 0.470. The van der Waals surface area contributed by atoms with E-state index in [2.05, 4.69) is 138 Å². The molecule has 0 aliphatic heterocycles. The van der Waals surface area contributed by atoms with E-state index in [1.165, 1.54) is 21.9 Å². The van der Waals surface area contributed by atoms with E-state index in [-0.39, 0.29) is 0 Å². The summed E-state index contributed by atoms with van der Waals surface area (Å²) in [4.78, 5) is 37.0. The molecular weight excluding hydrogens is 931 g/mol. The van der Waals surface area contributed by atoms with Crippen LogP contribution in [0.3, 0.4) is 0 Å². The monoisotopic (exact) mass is 975 g/mol. The highest BCUT2D eigenvalue weighted by molar-refractivity contribution is 6.11. The molecule has 14 rings (SSSR count). The minimum Gasteiger partial charge on any atom is -0.294 e. The predicted octanol–water partition coefficient (Wildman–Crippen LogP) is 15.9. The molecule has 5 heterocycles. The Bertz CT molecular complexity index is 4280. The summed E-state index contributed by atoms with van der Waals surface area (Å²) in [6, 6.07) is 81.6. The zero-order valence-corrected chi connectivity index (χ0v) is 41.5. The van der Waals surface area contributed by atoms with Crippen LogP contribution in [-0.4, -0.2) is 44.0 Å². The maximum Gasteiger partial charge on any atom is 0.164 e. The van der Waals surface area contributed by atoms with Crippen molar-refractivity contribution in [3.05, 3.63) is 248 Å². The summed E-state index contributed by atoms with van der Waals surface area (Å²) < 4.78 is 4.60. The summed E-state index contributed by atoms with van der Waals surface area (Å²) in [7, 11) is 0. The van der Waals surface area contributed by atoms with Gasteiger partial charge in [-0.2, -0.15) is 0 Å². The summed E-state index contributed by atoms with van der Waals surface area (Å²) in [6.45, 7) is 4.29. The van der Waals surface area contributed by atoms with Gasteiger partial charge in [-0.3, -0.25) is 9.13 Å².